The van der Waals surface area contributed by atoms with E-state index in [0.29, 0.717) is 6.04 Å². The van der Waals surface area contributed by atoms with Gasteiger partial charge in [-0.25, -0.2) is 0 Å². The number of nitrogens with zero attached hydrogens (tertiary/aromatic N) is 1. The minimum Gasteiger partial charge on any atom is -0.315 e. The predicted molar refractivity (Wildman–Crippen MR) is 56.6 cm³/mol. The second kappa shape index (κ2) is 5.00. The summed E-state index contributed by atoms with van der Waals surface area (Å²) in [5.74, 6) is 0. The van der Waals surface area contributed by atoms with Gasteiger partial charge in [0.25, 0.3) is 0 Å². The van der Waals surface area contributed by atoms with Gasteiger partial charge in [-0.05, 0) is 19.5 Å². The van der Waals surface area contributed by atoms with Crippen molar-refractivity contribution in [2.24, 2.45) is 0 Å². The lowest BCUT2D eigenvalue weighted by Gasteiger charge is -2.26. The van der Waals surface area contributed by atoms with Gasteiger partial charge in [-0.3, -0.25) is 4.90 Å². The van der Waals surface area contributed by atoms with Gasteiger partial charge in [-0.2, -0.15) is 0 Å². The summed E-state index contributed by atoms with van der Waals surface area (Å²) >= 11 is 3.41. The Kier molecular flexibility index (Phi) is 4.26. The molecule has 1 atom stereocenters. The molecule has 2 nitrogen and oxygen atoms in total. The van der Waals surface area contributed by atoms with Crippen LogP contribution in [0.2, 0.25) is 0 Å². The van der Waals surface area contributed by atoms with E-state index in [9.17, 15) is 0 Å². The minimum absolute atomic E-state index is 0.712. The molecule has 0 aromatic rings. The van der Waals surface area contributed by atoms with Crippen LogP contribution >= 0.6 is 15.9 Å². The zero-order valence-corrected chi connectivity index (χ0v) is 9.23. The molecule has 1 aliphatic rings. The molecule has 1 saturated heterocycles. The van der Waals surface area contributed by atoms with Crippen molar-refractivity contribution >= 4 is 15.9 Å². The van der Waals surface area contributed by atoms with E-state index < -0.39 is 0 Å². The number of hydrogen-bond donors (Lipinski definition) is 1. The monoisotopic (exact) mass is 232 g/mol. The van der Waals surface area contributed by atoms with E-state index in [2.05, 4.69) is 39.6 Å². The average Bonchev–Trinajstić information content (AvgIpc) is 2.51. The van der Waals surface area contributed by atoms with Gasteiger partial charge < -0.3 is 5.32 Å². The minimum atomic E-state index is 0.712. The molecule has 0 amide bonds. The molecule has 1 aliphatic heterocycles. The van der Waals surface area contributed by atoms with Crippen LogP contribution in [0.4, 0.5) is 0 Å². The lowest BCUT2D eigenvalue weighted by Crippen LogP contribution is -2.37. The Hall–Kier alpha value is 0.140. The van der Waals surface area contributed by atoms with Crippen LogP contribution in [-0.2, 0) is 0 Å². The average molecular weight is 233 g/mol. The summed E-state index contributed by atoms with van der Waals surface area (Å²) in [4.78, 5) is 2.46. The first-order valence-electron chi connectivity index (χ1n) is 4.52. The topological polar surface area (TPSA) is 15.3 Å². The third-order valence-electron chi connectivity index (χ3n) is 2.33. The highest BCUT2D eigenvalue weighted by molar-refractivity contribution is 9.11. The maximum absolute atomic E-state index is 3.87. The Labute approximate surface area is 83.1 Å². The fourth-order valence-electron chi connectivity index (χ4n) is 1.67. The van der Waals surface area contributed by atoms with Gasteiger partial charge in [-0.1, -0.05) is 29.4 Å². The van der Waals surface area contributed by atoms with Crippen LogP contribution in [0.25, 0.3) is 0 Å². The van der Waals surface area contributed by atoms with E-state index in [-0.39, 0.29) is 0 Å². The second-order valence-corrected chi connectivity index (χ2v) is 4.35. The third-order valence-corrected chi connectivity index (χ3v) is 2.58. The first-order valence-corrected chi connectivity index (χ1v) is 5.31. The molecule has 0 radical (unpaired) electrons. The Morgan fingerprint density at radius 3 is 2.92 bits per heavy atom. The molecule has 70 valence electrons. The molecule has 0 aromatic carbocycles. The van der Waals surface area contributed by atoms with Crippen molar-refractivity contribution in [3.05, 3.63) is 11.1 Å². The number of rotatable bonds is 4. The maximum atomic E-state index is 3.87. The first kappa shape index (κ1) is 10.2. The Morgan fingerprint density at radius 1 is 1.75 bits per heavy atom. The fourth-order valence-corrected chi connectivity index (χ4v) is 1.99. The van der Waals surface area contributed by atoms with Crippen LogP contribution in [0.15, 0.2) is 11.1 Å². The van der Waals surface area contributed by atoms with Gasteiger partial charge in [0, 0.05) is 23.6 Å². The van der Waals surface area contributed by atoms with Gasteiger partial charge in [0.05, 0.1) is 0 Å². The van der Waals surface area contributed by atoms with Crippen LogP contribution in [0.3, 0.4) is 0 Å². The summed E-state index contributed by atoms with van der Waals surface area (Å²) in [6, 6.07) is 0.712. The van der Waals surface area contributed by atoms with Crippen molar-refractivity contribution in [1.82, 2.24) is 10.2 Å². The molecule has 1 heterocycles. The Morgan fingerprint density at radius 2 is 2.50 bits per heavy atom. The molecule has 0 spiro atoms. The summed E-state index contributed by atoms with van der Waals surface area (Å²) in [7, 11) is 0. The normalized spacial score (nSPS) is 23.4. The Balaban J connectivity index is 2.37. The molecule has 1 fully saturated rings. The number of nitrogens with one attached hydrogen (secondary N) is 1. The number of halogens is 1. The van der Waals surface area contributed by atoms with Crippen molar-refractivity contribution in [3.63, 3.8) is 0 Å². The molecule has 1 unspecified atom stereocenters. The van der Waals surface area contributed by atoms with Gasteiger partial charge in [0.1, 0.15) is 0 Å². The summed E-state index contributed by atoms with van der Waals surface area (Å²) in [6.07, 6.45) is 1.27. The Bertz CT molecular complexity index is 153. The summed E-state index contributed by atoms with van der Waals surface area (Å²) < 4.78 is 1.08. The molecule has 0 aromatic heterocycles. The van der Waals surface area contributed by atoms with Gasteiger partial charge in [0.2, 0.25) is 0 Å². The van der Waals surface area contributed by atoms with E-state index in [0.717, 1.165) is 30.7 Å². The smallest absolute Gasteiger partial charge is 0.0297 e. The molecule has 1 rings (SSSR count). The van der Waals surface area contributed by atoms with Crippen LogP contribution in [0, 0.1) is 0 Å². The van der Waals surface area contributed by atoms with E-state index in [1.165, 1.54) is 6.42 Å². The first-order chi connectivity index (χ1) is 5.74. The summed E-state index contributed by atoms with van der Waals surface area (Å²) in [6.45, 7) is 10.5. The number of likely N-dealkylation sites (N-methyl/N-ethyl adjacent to an activating group) is 1. The molecule has 1 N–H and O–H groups in total. The second-order valence-electron chi connectivity index (χ2n) is 3.23. The molecule has 0 bridgehead atoms. The van der Waals surface area contributed by atoms with Gasteiger partial charge in [-0.15, -0.1) is 0 Å². The molecule has 12 heavy (non-hydrogen) atoms. The third kappa shape index (κ3) is 2.88. The van der Waals surface area contributed by atoms with Crippen molar-refractivity contribution in [1.29, 1.82) is 0 Å². The highest BCUT2D eigenvalue weighted by atomic mass is 79.9. The molecule has 3 heteroatoms. The van der Waals surface area contributed by atoms with Gasteiger partial charge >= 0.3 is 0 Å². The van der Waals surface area contributed by atoms with Crippen LogP contribution < -0.4 is 5.32 Å². The number of hydrogen-bond acceptors (Lipinski definition) is 2. The van der Waals surface area contributed by atoms with E-state index in [1.54, 1.807) is 0 Å². The van der Waals surface area contributed by atoms with Crippen molar-refractivity contribution in [2.75, 3.05) is 26.2 Å². The quantitative estimate of drug-likeness (QED) is 0.793. The lowest BCUT2D eigenvalue weighted by molar-refractivity contribution is 0.242. The maximum Gasteiger partial charge on any atom is 0.0297 e. The van der Waals surface area contributed by atoms with Crippen LogP contribution in [0.1, 0.15) is 13.3 Å². The molecule has 0 aliphatic carbocycles. The summed E-state index contributed by atoms with van der Waals surface area (Å²) in [5, 5.41) is 3.37. The molecular formula is C9H17BrN2. The van der Waals surface area contributed by atoms with Crippen LogP contribution in [-0.4, -0.2) is 37.1 Å². The predicted octanol–water partition coefficient (Wildman–Crippen LogP) is 1.58. The van der Waals surface area contributed by atoms with E-state index >= 15 is 0 Å². The van der Waals surface area contributed by atoms with Crippen molar-refractivity contribution < 1.29 is 0 Å². The van der Waals surface area contributed by atoms with Crippen molar-refractivity contribution in [3.8, 4) is 0 Å². The van der Waals surface area contributed by atoms with E-state index in [1.807, 2.05) is 0 Å². The standard InChI is InChI=1S/C9H17BrN2/c1-3-12(7-8(2)10)9-4-5-11-6-9/h9,11H,2-7H2,1H3. The fraction of sp³-hybridized carbons (Fsp3) is 0.778. The largest absolute Gasteiger partial charge is 0.315 e. The zero-order valence-electron chi connectivity index (χ0n) is 7.65. The zero-order chi connectivity index (χ0) is 8.97. The highest BCUT2D eigenvalue weighted by Crippen LogP contribution is 2.12. The highest BCUT2D eigenvalue weighted by Gasteiger charge is 2.20. The van der Waals surface area contributed by atoms with Crippen molar-refractivity contribution in [2.45, 2.75) is 19.4 Å². The molecular weight excluding hydrogens is 216 g/mol. The summed E-state index contributed by atoms with van der Waals surface area (Å²) in [5.41, 5.74) is 0. The van der Waals surface area contributed by atoms with Crippen LogP contribution in [0.5, 0.6) is 0 Å². The molecule has 0 saturated carbocycles. The van der Waals surface area contributed by atoms with E-state index in [4.69, 9.17) is 0 Å². The SMILES string of the molecule is C=C(Br)CN(CC)C1CCNC1. The van der Waals surface area contributed by atoms with Gasteiger partial charge in [0.15, 0.2) is 0 Å². The lowest BCUT2D eigenvalue weighted by atomic mass is 10.2.